The highest BCUT2D eigenvalue weighted by molar-refractivity contribution is 7.14. The molecule has 0 unspecified atom stereocenters. The number of rotatable bonds is 5. The van der Waals surface area contributed by atoms with Crippen LogP contribution in [0.5, 0.6) is 11.5 Å². The lowest BCUT2D eigenvalue weighted by Gasteiger charge is -2.09. The lowest BCUT2D eigenvalue weighted by molar-refractivity contribution is -0.119. The van der Waals surface area contributed by atoms with E-state index in [0.717, 1.165) is 0 Å². The number of carbonyl (C=O) groups excluding carboxylic acids is 3. The third-order valence-electron chi connectivity index (χ3n) is 3.58. The molecular weight excluding hydrogens is 378 g/mol. The molecule has 0 radical (unpaired) electrons. The standard InChI is InChI=1S/C20H17N3O4S/c1-13(24)22-23-19(26)17-11-12-28-20(17)21-18(25)14-7-9-16(10-8-14)27-15-5-3-2-4-6-15/h2-12H,1H3,(H,21,25)(H,22,24)(H,23,26). The normalized spacial score (nSPS) is 10.0. The number of hydrogen-bond donors (Lipinski definition) is 3. The van der Waals surface area contributed by atoms with Gasteiger partial charge in [-0.1, -0.05) is 18.2 Å². The van der Waals surface area contributed by atoms with Gasteiger partial charge in [-0.2, -0.15) is 0 Å². The average Bonchev–Trinajstić information content (AvgIpc) is 3.15. The van der Waals surface area contributed by atoms with Crippen molar-refractivity contribution in [1.82, 2.24) is 10.9 Å². The van der Waals surface area contributed by atoms with Crippen molar-refractivity contribution in [2.24, 2.45) is 0 Å². The quantitative estimate of drug-likeness (QED) is 0.576. The van der Waals surface area contributed by atoms with E-state index in [1.165, 1.54) is 18.3 Å². The molecule has 0 bridgehead atoms. The van der Waals surface area contributed by atoms with Crippen LogP contribution in [0.15, 0.2) is 66.0 Å². The summed E-state index contributed by atoms with van der Waals surface area (Å²) in [5.41, 5.74) is 5.16. The van der Waals surface area contributed by atoms with Crippen LogP contribution in [0, 0.1) is 0 Å². The predicted octanol–water partition coefficient (Wildman–Crippen LogP) is 3.57. The molecule has 0 fully saturated rings. The van der Waals surface area contributed by atoms with Gasteiger partial charge in [-0.15, -0.1) is 11.3 Å². The van der Waals surface area contributed by atoms with Crippen molar-refractivity contribution in [3.8, 4) is 11.5 Å². The molecule has 0 atom stereocenters. The van der Waals surface area contributed by atoms with E-state index >= 15 is 0 Å². The maximum Gasteiger partial charge on any atom is 0.272 e. The summed E-state index contributed by atoms with van der Waals surface area (Å²) < 4.78 is 5.70. The largest absolute Gasteiger partial charge is 0.457 e. The Bertz CT molecular complexity index is 984. The first kappa shape index (κ1) is 19.1. The van der Waals surface area contributed by atoms with Gasteiger partial charge in [-0.3, -0.25) is 25.2 Å². The number of amides is 3. The second-order valence-electron chi connectivity index (χ2n) is 5.69. The summed E-state index contributed by atoms with van der Waals surface area (Å²) in [6.07, 6.45) is 0. The fourth-order valence-electron chi connectivity index (χ4n) is 2.27. The van der Waals surface area contributed by atoms with Crippen LogP contribution in [0.1, 0.15) is 27.6 Å². The third-order valence-corrected chi connectivity index (χ3v) is 4.41. The Labute approximate surface area is 165 Å². The Kier molecular flexibility index (Phi) is 6.03. The Morgan fingerprint density at radius 1 is 0.821 bits per heavy atom. The molecule has 3 aromatic rings. The van der Waals surface area contributed by atoms with Gasteiger partial charge >= 0.3 is 0 Å². The molecule has 8 heteroatoms. The van der Waals surface area contributed by atoms with Crippen LogP contribution in [0.3, 0.4) is 0 Å². The van der Waals surface area contributed by atoms with Crippen molar-refractivity contribution in [3.63, 3.8) is 0 Å². The molecule has 28 heavy (non-hydrogen) atoms. The highest BCUT2D eigenvalue weighted by Crippen LogP contribution is 2.25. The first-order valence-corrected chi connectivity index (χ1v) is 9.19. The molecule has 0 saturated carbocycles. The van der Waals surface area contributed by atoms with Crippen LogP contribution in [-0.4, -0.2) is 17.7 Å². The number of thiophene rings is 1. The average molecular weight is 395 g/mol. The highest BCUT2D eigenvalue weighted by atomic mass is 32.1. The summed E-state index contributed by atoms with van der Waals surface area (Å²) >= 11 is 1.21. The summed E-state index contributed by atoms with van der Waals surface area (Å²) in [5.74, 6) is 0.0370. The zero-order valence-corrected chi connectivity index (χ0v) is 15.7. The third kappa shape index (κ3) is 4.95. The van der Waals surface area contributed by atoms with Crippen LogP contribution >= 0.6 is 11.3 Å². The van der Waals surface area contributed by atoms with Gasteiger partial charge in [0.15, 0.2) is 0 Å². The second kappa shape index (κ2) is 8.83. The molecule has 0 aliphatic heterocycles. The van der Waals surface area contributed by atoms with E-state index in [4.69, 9.17) is 4.74 Å². The summed E-state index contributed by atoms with van der Waals surface area (Å²) in [7, 11) is 0. The molecule has 7 nitrogen and oxygen atoms in total. The van der Waals surface area contributed by atoms with Gasteiger partial charge in [-0.05, 0) is 47.8 Å². The van der Waals surface area contributed by atoms with Gasteiger partial charge in [-0.25, -0.2) is 0 Å². The molecule has 0 saturated heterocycles. The molecule has 1 heterocycles. The summed E-state index contributed by atoms with van der Waals surface area (Å²) in [4.78, 5) is 35.5. The minimum absolute atomic E-state index is 0.260. The summed E-state index contributed by atoms with van der Waals surface area (Å²) in [6, 6.07) is 17.5. The van der Waals surface area contributed by atoms with Gasteiger partial charge in [0.1, 0.15) is 16.5 Å². The zero-order valence-electron chi connectivity index (χ0n) is 14.9. The van der Waals surface area contributed by atoms with Crippen LogP contribution in [0.4, 0.5) is 5.00 Å². The van der Waals surface area contributed by atoms with Crippen molar-refractivity contribution < 1.29 is 19.1 Å². The first-order chi connectivity index (χ1) is 13.5. The number of hydrazine groups is 1. The first-order valence-electron chi connectivity index (χ1n) is 8.31. The Morgan fingerprint density at radius 3 is 2.18 bits per heavy atom. The summed E-state index contributed by atoms with van der Waals surface area (Å²) in [6.45, 7) is 1.28. The molecule has 3 amide bonds. The molecule has 0 aliphatic rings. The number of ether oxygens (including phenoxy) is 1. The van der Waals surface area contributed by atoms with E-state index in [9.17, 15) is 14.4 Å². The molecular formula is C20H17N3O4S. The molecule has 0 spiro atoms. The predicted molar refractivity (Wildman–Crippen MR) is 107 cm³/mol. The topological polar surface area (TPSA) is 96.5 Å². The van der Waals surface area contributed by atoms with Crippen molar-refractivity contribution in [3.05, 3.63) is 77.2 Å². The van der Waals surface area contributed by atoms with E-state index in [2.05, 4.69) is 16.2 Å². The van der Waals surface area contributed by atoms with Crippen molar-refractivity contribution >= 4 is 34.1 Å². The maximum atomic E-state index is 12.5. The minimum Gasteiger partial charge on any atom is -0.457 e. The number of hydrogen-bond acceptors (Lipinski definition) is 5. The van der Waals surface area contributed by atoms with E-state index in [1.54, 1.807) is 35.7 Å². The molecule has 2 aromatic carbocycles. The number of benzene rings is 2. The molecule has 3 rings (SSSR count). The Morgan fingerprint density at radius 2 is 1.50 bits per heavy atom. The van der Waals surface area contributed by atoms with Crippen molar-refractivity contribution in [2.75, 3.05) is 5.32 Å². The van der Waals surface area contributed by atoms with E-state index in [1.807, 2.05) is 30.3 Å². The van der Waals surface area contributed by atoms with Gasteiger partial charge < -0.3 is 10.1 Å². The van der Waals surface area contributed by atoms with Gasteiger partial charge in [0.25, 0.3) is 11.8 Å². The van der Waals surface area contributed by atoms with Crippen molar-refractivity contribution in [2.45, 2.75) is 6.92 Å². The number of nitrogens with one attached hydrogen (secondary N) is 3. The van der Waals surface area contributed by atoms with Crippen molar-refractivity contribution in [1.29, 1.82) is 0 Å². The number of anilines is 1. The van der Waals surface area contributed by atoms with Gasteiger partial charge in [0.05, 0.1) is 5.56 Å². The van der Waals surface area contributed by atoms with Crippen LogP contribution in [0.25, 0.3) is 0 Å². The van der Waals surface area contributed by atoms with E-state index < -0.39 is 11.8 Å². The zero-order chi connectivity index (χ0) is 19.9. The highest BCUT2D eigenvalue weighted by Gasteiger charge is 2.16. The van der Waals surface area contributed by atoms with E-state index in [0.29, 0.717) is 22.1 Å². The molecule has 0 aliphatic carbocycles. The maximum absolute atomic E-state index is 12.5. The lowest BCUT2D eigenvalue weighted by atomic mass is 10.2. The molecule has 142 valence electrons. The Balaban J connectivity index is 1.65. The smallest absolute Gasteiger partial charge is 0.272 e. The lowest BCUT2D eigenvalue weighted by Crippen LogP contribution is -2.40. The fourth-order valence-corrected chi connectivity index (χ4v) is 3.05. The monoisotopic (exact) mass is 395 g/mol. The number of para-hydroxylation sites is 1. The fraction of sp³-hybridized carbons (Fsp3) is 0.0500. The number of carbonyl (C=O) groups is 3. The van der Waals surface area contributed by atoms with Gasteiger partial charge in [0.2, 0.25) is 5.91 Å². The minimum atomic E-state index is -0.515. The van der Waals surface area contributed by atoms with Crippen LogP contribution in [0.2, 0.25) is 0 Å². The second-order valence-corrected chi connectivity index (χ2v) is 6.61. The summed E-state index contributed by atoms with van der Waals surface area (Å²) in [5, 5.41) is 4.77. The van der Waals surface area contributed by atoms with Gasteiger partial charge in [0, 0.05) is 12.5 Å². The Hall–Kier alpha value is -3.65. The SMILES string of the molecule is CC(=O)NNC(=O)c1ccsc1NC(=O)c1ccc(Oc2ccccc2)cc1. The molecule has 1 aromatic heterocycles. The van der Waals surface area contributed by atoms with Crippen LogP contribution < -0.4 is 20.9 Å². The molecule has 3 N–H and O–H groups in total. The van der Waals surface area contributed by atoms with Crippen LogP contribution in [-0.2, 0) is 4.79 Å². The van der Waals surface area contributed by atoms with E-state index in [-0.39, 0.29) is 11.5 Å².